The van der Waals surface area contributed by atoms with Gasteiger partial charge < -0.3 is 19.5 Å². The molecule has 0 amide bonds. The maximum atomic E-state index is 5.39. The van der Waals surface area contributed by atoms with Gasteiger partial charge in [0.15, 0.2) is 11.5 Å². The Morgan fingerprint density at radius 1 is 1.00 bits per heavy atom. The summed E-state index contributed by atoms with van der Waals surface area (Å²) in [6.07, 6.45) is 0. The Balaban J connectivity index is 2.01. The smallest absolute Gasteiger partial charge is 0.203 e. The van der Waals surface area contributed by atoms with Crippen LogP contribution in [0.5, 0.6) is 17.2 Å². The number of benzene rings is 2. The van der Waals surface area contributed by atoms with Crippen LogP contribution >= 0.6 is 15.9 Å². The summed E-state index contributed by atoms with van der Waals surface area (Å²) in [5.74, 6) is 2.39. The fraction of sp³-hybridized carbons (Fsp3) is 0.368. The zero-order chi connectivity index (χ0) is 17.5. The van der Waals surface area contributed by atoms with Crippen LogP contribution in [0.2, 0.25) is 0 Å². The normalized spacial score (nSPS) is 11.9. The lowest BCUT2D eigenvalue weighted by Gasteiger charge is -2.16. The fourth-order valence-electron chi connectivity index (χ4n) is 2.60. The molecule has 24 heavy (non-hydrogen) atoms. The van der Waals surface area contributed by atoms with Gasteiger partial charge in [0.2, 0.25) is 5.75 Å². The maximum absolute atomic E-state index is 5.39. The van der Waals surface area contributed by atoms with Gasteiger partial charge >= 0.3 is 0 Å². The lowest BCUT2D eigenvalue weighted by atomic mass is 10.0. The molecule has 0 aliphatic rings. The molecule has 0 bridgehead atoms. The highest BCUT2D eigenvalue weighted by molar-refractivity contribution is 9.10. The van der Waals surface area contributed by atoms with Crippen molar-refractivity contribution in [3.8, 4) is 17.2 Å². The van der Waals surface area contributed by atoms with Gasteiger partial charge in [-0.05, 0) is 41.3 Å². The van der Waals surface area contributed by atoms with Crippen molar-refractivity contribution >= 4 is 15.9 Å². The molecule has 4 nitrogen and oxygen atoms in total. The second-order valence-corrected chi connectivity index (χ2v) is 6.54. The van der Waals surface area contributed by atoms with Gasteiger partial charge in [0.25, 0.3) is 0 Å². The number of hydrogen-bond acceptors (Lipinski definition) is 4. The first kappa shape index (κ1) is 18.6. The van der Waals surface area contributed by atoms with Crippen molar-refractivity contribution in [1.82, 2.24) is 5.32 Å². The largest absolute Gasteiger partial charge is 0.493 e. The van der Waals surface area contributed by atoms with E-state index in [-0.39, 0.29) is 0 Å². The van der Waals surface area contributed by atoms with Gasteiger partial charge in [-0.2, -0.15) is 0 Å². The van der Waals surface area contributed by atoms with E-state index in [0.29, 0.717) is 23.2 Å². The van der Waals surface area contributed by atoms with Gasteiger partial charge in [0, 0.05) is 17.6 Å². The minimum Gasteiger partial charge on any atom is -0.493 e. The third kappa shape index (κ3) is 4.65. The van der Waals surface area contributed by atoms with Crippen LogP contribution in [0.3, 0.4) is 0 Å². The summed E-state index contributed by atoms with van der Waals surface area (Å²) in [5.41, 5.74) is 2.40. The summed E-state index contributed by atoms with van der Waals surface area (Å²) in [4.78, 5) is 0. The van der Waals surface area contributed by atoms with Crippen LogP contribution in [0.15, 0.2) is 40.9 Å². The Labute approximate surface area is 152 Å². The SMILES string of the molecule is COc1cc(CNC[C@@H](C)c2cccc(Br)c2)cc(OC)c1OC. The van der Waals surface area contributed by atoms with E-state index in [0.717, 1.165) is 23.1 Å². The van der Waals surface area contributed by atoms with E-state index < -0.39 is 0 Å². The van der Waals surface area contributed by atoms with Crippen molar-refractivity contribution in [2.45, 2.75) is 19.4 Å². The van der Waals surface area contributed by atoms with Crippen LogP contribution in [-0.4, -0.2) is 27.9 Å². The number of ether oxygens (including phenoxy) is 3. The van der Waals surface area contributed by atoms with Crippen LogP contribution < -0.4 is 19.5 Å². The Morgan fingerprint density at radius 3 is 2.21 bits per heavy atom. The predicted molar refractivity (Wildman–Crippen MR) is 100 cm³/mol. The number of halogens is 1. The zero-order valence-electron chi connectivity index (χ0n) is 14.6. The van der Waals surface area contributed by atoms with Gasteiger partial charge in [0.1, 0.15) is 0 Å². The fourth-order valence-corrected chi connectivity index (χ4v) is 3.02. The van der Waals surface area contributed by atoms with Gasteiger partial charge in [-0.1, -0.05) is 35.0 Å². The predicted octanol–water partition coefficient (Wildman–Crippen LogP) is 4.37. The standard InChI is InChI=1S/C19H24BrNO3/c1-13(15-6-5-7-16(20)10-15)11-21-12-14-8-17(22-2)19(24-4)18(9-14)23-3/h5-10,13,21H,11-12H2,1-4H3/t13-/m1/s1. The Kier molecular flexibility index (Phi) is 6.94. The molecular weight excluding hydrogens is 370 g/mol. The summed E-state index contributed by atoms with van der Waals surface area (Å²) in [6.45, 7) is 3.83. The topological polar surface area (TPSA) is 39.7 Å². The second kappa shape index (κ2) is 8.94. The molecule has 0 spiro atoms. The molecule has 0 aliphatic carbocycles. The summed E-state index contributed by atoms with van der Waals surface area (Å²) in [6, 6.07) is 12.4. The molecule has 0 radical (unpaired) electrons. The van der Waals surface area contributed by atoms with Gasteiger partial charge in [-0.25, -0.2) is 0 Å². The molecule has 130 valence electrons. The summed E-state index contributed by atoms with van der Waals surface area (Å²) in [5, 5.41) is 3.49. The van der Waals surface area contributed by atoms with Crippen LogP contribution in [0.4, 0.5) is 0 Å². The zero-order valence-corrected chi connectivity index (χ0v) is 16.1. The molecule has 2 rings (SSSR count). The highest BCUT2D eigenvalue weighted by Crippen LogP contribution is 2.38. The lowest BCUT2D eigenvalue weighted by molar-refractivity contribution is 0.323. The van der Waals surface area contributed by atoms with Gasteiger partial charge in [-0.15, -0.1) is 0 Å². The highest BCUT2D eigenvalue weighted by atomic mass is 79.9. The molecule has 0 heterocycles. The van der Waals surface area contributed by atoms with E-state index in [1.165, 1.54) is 5.56 Å². The van der Waals surface area contributed by atoms with Crippen molar-refractivity contribution in [3.05, 3.63) is 52.0 Å². The molecule has 0 saturated carbocycles. The molecule has 0 aliphatic heterocycles. The van der Waals surface area contributed by atoms with Crippen LogP contribution in [0, 0.1) is 0 Å². The van der Waals surface area contributed by atoms with Crippen molar-refractivity contribution in [3.63, 3.8) is 0 Å². The third-order valence-electron chi connectivity index (χ3n) is 3.92. The molecule has 1 atom stereocenters. The number of hydrogen-bond donors (Lipinski definition) is 1. The second-order valence-electron chi connectivity index (χ2n) is 5.62. The van der Waals surface area contributed by atoms with Gasteiger partial charge in [-0.3, -0.25) is 0 Å². The van der Waals surface area contributed by atoms with Crippen molar-refractivity contribution in [2.75, 3.05) is 27.9 Å². The first-order chi connectivity index (χ1) is 11.6. The van der Waals surface area contributed by atoms with Crippen LogP contribution in [0.1, 0.15) is 24.0 Å². The van der Waals surface area contributed by atoms with E-state index in [1.54, 1.807) is 21.3 Å². The Morgan fingerprint density at radius 2 is 1.67 bits per heavy atom. The average molecular weight is 394 g/mol. The van der Waals surface area contributed by atoms with E-state index in [4.69, 9.17) is 14.2 Å². The minimum absolute atomic E-state index is 0.421. The Hall–Kier alpha value is -1.72. The molecule has 0 unspecified atom stereocenters. The first-order valence-electron chi connectivity index (χ1n) is 7.84. The molecule has 0 fully saturated rings. The van der Waals surface area contributed by atoms with E-state index >= 15 is 0 Å². The van der Waals surface area contributed by atoms with Crippen molar-refractivity contribution < 1.29 is 14.2 Å². The maximum Gasteiger partial charge on any atom is 0.203 e. The molecule has 0 saturated heterocycles. The minimum atomic E-state index is 0.421. The molecule has 0 aromatic heterocycles. The number of methoxy groups -OCH3 is 3. The summed E-state index contributed by atoms with van der Waals surface area (Å²) in [7, 11) is 4.87. The van der Waals surface area contributed by atoms with Crippen molar-refractivity contribution in [2.24, 2.45) is 0 Å². The molecule has 2 aromatic carbocycles. The van der Waals surface area contributed by atoms with E-state index in [9.17, 15) is 0 Å². The molecule has 2 aromatic rings. The van der Waals surface area contributed by atoms with Gasteiger partial charge in [0.05, 0.1) is 21.3 Å². The quantitative estimate of drug-likeness (QED) is 0.722. The Bertz CT molecular complexity index is 650. The summed E-state index contributed by atoms with van der Waals surface area (Å²) < 4.78 is 17.2. The van der Waals surface area contributed by atoms with E-state index in [1.807, 2.05) is 18.2 Å². The molecule has 5 heteroatoms. The monoisotopic (exact) mass is 393 g/mol. The first-order valence-corrected chi connectivity index (χ1v) is 8.63. The van der Waals surface area contributed by atoms with E-state index in [2.05, 4.69) is 46.4 Å². The summed E-state index contributed by atoms with van der Waals surface area (Å²) >= 11 is 3.52. The number of nitrogens with one attached hydrogen (secondary N) is 1. The average Bonchev–Trinajstić information content (AvgIpc) is 2.60. The third-order valence-corrected chi connectivity index (χ3v) is 4.42. The molecule has 1 N–H and O–H groups in total. The number of rotatable bonds is 8. The lowest BCUT2D eigenvalue weighted by Crippen LogP contribution is -2.19. The van der Waals surface area contributed by atoms with Crippen LogP contribution in [-0.2, 0) is 6.54 Å². The highest BCUT2D eigenvalue weighted by Gasteiger charge is 2.13. The van der Waals surface area contributed by atoms with Crippen LogP contribution in [0.25, 0.3) is 0 Å². The van der Waals surface area contributed by atoms with Crippen molar-refractivity contribution in [1.29, 1.82) is 0 Å². The molecular formula is C19H24BrNO3.